The molecule has 46 heavy (non-hydrogen) atoms. The number of nitrogens with one attached hydrogen (secondary N) is 3. The predicted molar refractivity (Wildman–Crippen MR) is 192 cm³/mol. The molecule has 2 amide bonds. The Bertz CT molecular complexity index is 1760. The maximum atomic E-state index is 14.2. The van der Waals surface area contributed by atoms with Crippen molar-refractivity contribution in [3.63, 3.8) is 0 Å². The number of anilines is 1. The van der Waals surface area contributed by atoms with Crippen LogP contribution in [0.15, 0.2) is 91.0 Å². The molecule has 0 bridgehead atoms. The lowest BCUT2D eigenvalue weighted by atomic mass is 9.49. The molecule has 1 fully saturated rings. The van der Waals surface area contributed by atoms with Gasteiger partial charge >= 0.3 is 0 Å². The van der Waals surface area contributed by atoms with Crippen LogP contribution in [0.5, 0.6) is 0 Å². The summed E-state index contributed by atoms with van der Waals surface area (Å²) in [6.07, 6.45) is 5.24. The molecule has 0 aliphatic heterocycles. The Morgan fingerprint density at radius 2 is 1.65 bits per heavy atom. The molecular formula is C40H45N3O2S. The third-order valence-electron chi connectivity index (χ3n) is 10.7. The summed E-state index contributed by atoms with van der Waals surface area (Å²) >= 11 is 5.76. The van der Waals surface area contributed by atoms with E-state index in [4.69, 9.17) is 12.2 Å². The second kappa shape index (κ2) is 13.0. The van der Waals surface area contributed by atoms with Crippen LogP contribution in [0.25, 0.3) is 10.8 Å². The van der Waals surface area contributed by atoms with Gasteiger partial charge in [-0.25, -0.2) is 0 Å². The molecule has 0 aromatic heterocycles. The lowest BCUT2D eigenvalue weighted by Crippen LogP contribution is -2.58. The van der Waals surface area contributed by atoms with Gasteiger partial charge in [-0.1, -0.05) is 119 Å². The minimum absolute atomic E-state index is 0.0592. The van der Waals surface area contributed by atoms with Gasteiger partial charge in [0.05, 0.1) is 5.41 Å². The summed E-state index contributed by atoms with van der Waals surface area (Å²) in [7, 11) is 0. The number of hydrogen-bond acceptors (Lipinski definition) is 3. The summed E-state index contributed by atoms with van der Waals surface area (Å²) in [5.41, 5.74) is 5.31. The molecule has 3 N–H and O–H groups in total. The Morgan fingerprint density at radius 3 is 2.43 bits per heavy atom. The number of amides is 2. The molecule has 4 atom stereocenters. The monoisotopic (exact) mass is 631 g/mol. The predicted octanol–water partition coefficient (Wildman–Crippen LogP) is 8.21. The van der Waals surface area contributed by atoms with Crippen LogP contribution in [0.3, 0.4) is 0 Å². The number of rotatable bonds is 7. The SMILES string of the molecule is CC(C)c1ccc2c(c1)CC[C@H]1[C@](C)(C(=O)NC(=S)N[C@@H](Cc3ccccc3)C(=O)Nc3cccc4ccccc34)CCC[C@]21C. The molecule has 1 saturated carbocycles. The number of benzene rings is 4. The highest BCUT2D eigenvalue weighted by molar-refractivity contribution is 7.80. The van der Waals surface area contributed by atoms with Crippen LogP contribution in [0.2, 0.25) is 0 Å². The Morgan fingerprint density at radius 1 is 0.913 bits per heavy atom. The van der Waals surface area contributed by atoms with Crippen LogP contribution in [0.4, 0.5) is 5.69 Å². The quantitative estimate of drug-likeness (QED) is 0.180. The van der Waals surface area contributed by atoms with Crippen LogP contribution in [-0.2, 0) is 27.8 Å². The Balaban J connectivity index is 1.20. The Hall–Kier alpha value is -4.03. The van der Waals surface area contributed by atoms with Gasteiger partial charge in [0.25, 0.3) is 0 Å². The first-order valence-corrected chi connectivity index (χ1v) is 17.1. The zero-order valence-electron chi connectivity index (χ0n) is 27.4. The first-order valence-electron chi connectivity index (χ1n) is 16.7. The van der Waals surface area contributed by atoms with Gasteiger partial charge in [-0.3, -0.25) is 9.59 Å². The molecule has 0 saturated heterocycles. The van der Waals surface area contributed by atoms with Crippen molar-refractivity contribution in [1.29, 1.82) is 0 Å². The second-order valence-electron chi connectivity index (χ2n) is 14.0. The smallest absolute Gasteiger partial charge is 0.247 e. The highest BCUT2D eigenvalue weighted by Gasteiger charge is 2.55. The normalized spacial score (nSPS) is 22.8. The second-order valence-corrected chi connectivity index (χ2v) is 14.4. The van der Waals surface area contributed by atoms with Crippen molar-refractivity contribution in [2.24, 2.45) is 11.3 Å². The highest BCUT2D eigenvalue weighted by Crippen LogP contribution is 2.57. The van der Waals surface area contributed by atoms with Gasteiger partial charge in [-0.15, -0.1) is 0 Å². The van der Waals surface area contributed by atoms with Gasteiger partial charge in [0.15, 0.2) is 5.11 Å². The standard InChI is InChI=1S/C40H45N3O2S/c1-26(2)29-18-20-32-30(25-29)19-21-35-39(32,3)22-11-23-40(35,4)37(45)43-38(46)42-34(24-27-12-6-5-7-13-27)36(44)41-33-17-10-15-28-14-8-9-16-31(28)33/h5-10,12-18,20,25-26,34-35H,11,19,21-24H2,1-4H3,(H,41,44)(H2,42,43,45,46)/t34-,35+,39+,40+/m0/s1. The molecule has 238 valence electrons. The third-order valence-corrected chi connectivity index (χ3v) is 11.0. The summed E-state index contributed by atoms with van der Waals surface area (Å²) in [5.74, 6) is 0.421. The van der Waals surface area contributed by atoms with Gasteiger partial charge in [-0.05, 0) is 88.9 Å². The zero-order valence-corrected chi connectivity index (χ0v) is 28.2. The molecule has 4 aromatic carbocycles. The topological polar surface area (TPSA) is 70.2 Å². The largest absolute Gasteiger partial charge is 0.350 e. The van der Waals surface area contributed by atoms with E-state index in [2.05, 4.69) is 61.8 Å². The van der Waals surface area contributed by atoms with Gasteiger partial charge < -0.3 is 16.0 Å². The lowest BCUT2D eigenvalue weighted by Gasteiger charge is -2.54. The maximum absolute atomic E-state index is 14.2. The van der Waals surface area contributed by atoms with Crippen molar-refractivity contribution in [3.8, 4) is 0 Å². The number of fused-ring (bicyclic) bond motifs is 4. The van der Waals surface area contributed by atoms with Crippen LogP contribution < -0.4 is 16.0 Å². The molecular weight excluding hydrogens is 587 g/mol. The molecule has 0 radical (unpaired) electrons. The van der Waals surface area contributed by atoms with Crippen LogP contribution >= 0.6 is 12.2 Å². The fourth-order valence-corrected chi connectivity index (χ4v) is 8.43. The number of carbonyl (C=O) groups excluding carboxylic acids is 2. The van der Waals surface area contributed by atoms with Gasteiger partial charge in [0, 0.05) is 17.5 Å². The van der Waals surface area contributed by atoms with Crippen molar-refractivity contribution in [2.75, 3.05) is 5.32 Å². The minimum Gasteiger partial charge on any atom is -0.350 e. The number of thiocarbonyl (C=S) groups is 1. The number of aryl methyl sites for hydroxylation is 1. The molecule has 2 aliphatic carbocycles. The molecule has 0 spiro atoms. The summed E-state index contributed by atoms with van der Waals surface area (Å²) < 4.78 is 0. The van der Waals surface area contributed by atoms with Crippen LogP contribution in [0, 0.1) is 11.3 Å². The zero-order chi connectivity index (χ0) is 32.5. The van der Waals surface area contributed by atoms with E-state index in [1.807, 2.05) is 72.8 Å². The van der Waals surface area contributed by atoms with Gasteiger partial charge in [0.1, 0.15) is 6.04 Å². The van der Waals surface area contributed by atoms with Gasteiger partial charge in [-0.2, -0.15) is 0 Å². The molecule has 0 heterocycles. The van der Waals surface area contributed by atoms with Crippen LogP contribution in [0.1, 0.15) is 81.5 Å². The number of carbonyl (C=O) groups is 2. The van der Waals surface area contributed by atoms with E-state index in [1.165, 1.54) is 16.7 Å². The highest BCUT2D eigenvalue weighted by atomic mass is 32.1. The average molecular weight is 632 g/mol. The molecule has 4 aromatic rings. The fraction of sp³-hybridized carbons (Fsp3) is 0.375. The third kappa shape index (κ3) is 6.20. The van der Waals surface area contributed by atoms with Crippen LogP contribution in [-0.4, -0.2) is 23.0 Å². The molecule has 6 rings (SSSR count). The Labute approximate surface area is 278 Å². The first kappa shape index (κ1) is 31.9. The first-order chi connectivity index (χ1) is 22.1. The van der Waals surface area contributed by atoms with E-state index in [-0.39, 0.29) is 28.3 Å². The molecule has 0 unspecified atom stereocenters. The van der Waals surface area contributed by atoms with Crippen molar-refractivity contribution < 1.29 is 9.59 Å². The maximum Gasteiger partial charge on any atom is 0.247 e. The molecule has 2 aliphatic rings. The van der Waals surface area contributed by atoms with Gasteiger partial charge in [0.2, 0.25) is 11.8 Å². The summed E-state index contributed by atoms with van der Waals surface area (Å²) in [6, 6.07) is 30.0. The summed E-state index contributed by atoms with van der Waals surface area (Å²) in [5, 5.41) is 11.6. The van der Waals surface area contributed by atoms with E-state index >= 15 is 0 Å². The minimum atomic E-state index is -0.685. The fourth-order valence-electron chi connectivity index (χ4n) is 8.20. The van der Waals surface area contributed by atoms with E-state index in [0.717, 1.165) is 54.1 Å². The van der Waals surface area contributed by atoms with E-state index in [9.17, 15) is 9.59 Å². The number of hydrogen-bond donors (Lipinski definition) is 3. The summed E-state index contributed by atoms with van der Waals surface area (Å²) in [6.45, 7) is 8.96. The molecule has 6 heteroatoms. The lowest BCUT2D eigenvalue weighted by molar-refractivity contribution is -0.137. The van der Waals surface area contributed by atoms with Crippen molar-refractivity contribution >= 4 is 45.6 Å². The molecule has 5 nitrogen and oxygen atoms in total. The van der Waals surface area contributed by atoms with E-state index < -0.39 is 11.5 Å². The average Bonchev–Trinajstić information content (AvgIpc) is 3.04. The van der Waals surface area contributed by atoms with E-state index in [0.29, 0.717) is 12.3 Å². The summed E-state index contributed by atoms with van der Waals surface area (Å²) in [4.78, 5) is 28.0. The van der Waals surface area contributed by atoms with Crippen molar-refractivity contribution in [1.82, 2.24) is 10.6 Å². The van der Waals surface area contributed by atoms with Crippen molar-refractivity contribution in [3.05, 3.63) is 113 Å². The van der Waals surface area contributed by atoms with E-state index in [1.54, 1.807) is 0 Å². The Kier molecular flexibility index (Phi) is 9.02. The van der Waals surface area contributed by atoms with Crippen molar-refractivity contribution in [2.45, 2.75) is 83.6 Å².